The van der Waals surface area contributed by atoms with Crippen molar-refractivity contribution in [2.24, 2.45) is 0 Å². The molecule has 0 saturated carbocycles. The molecule has 0 unspecified atom stereocenters. The molecule has 3 rings (SSSR count). The second-order valence-electron chi connectivity index (χ2n) is 5.17. The summed E-state index contributed by atoms with van der Waals surface area (Å²) >= 11 is 0. The zero-order valence-electron chi connectivity index (χ0n) is 11.3. The van der Waals surface area contributed by atoms with Crippen molar-refractivity contribution >= 4 is 0 Å². The van der Waals surface area contributed by atoms with Gasteiger partial charge >= 0.3 is 0 Å². The van der Waals surface area contributed by atoms with Gasteiger partial charge in [0.1, 0.15) is 17.5 Å². The number of β-amino-alcohol motifs (C(OH)–C–C–N with tert-alkyl or cyclic N) is 1. The Kier molecular flexibility index (Phi) is 3.90. The van der Waals surface area contributed by atoms with E-state index in [-0.39, 0.29) is 11.6 Å². The Labute approximate surface area is 121 Å². The van der Waals surface area contributed by atoms with Gasteiger partial charge in [-0.15, -0.1) is 0 Å². The fourth-order valence-corrected chi connectivity index (χ4v) is 2.74. The fraction of sp³-hybridized carbons (Fsp3) is 0.333. The van der Waals surface area contributed by atoms with E-state index in [0.29, 0.717) is 25.3 Å². The molecule has 1 aromatic heterocycles. The van der Waals surface area contributed by atoms with E-state index >= 15 is 0 Å². The molecule has 0 bridgehead atoms. The van der Waals surface area contributed by atoms with Gasteiger partial charge in [0.2, 0.25) is 0 Å². The maximum Gasteiger partial charge on any atom is 0.142 e. The Morgan fingerprint density at radius 2 is 2.00 bits per heavy atom. The van der Waals surface area contributed by atoms with Gasteiger partial charge in [-0.25, -0.2) is 18.7 Å². The highest BCUT2D eigenvalue weighted by molar-refractivity contribution is 5.24. The lowest BCUT2D eigenvalue weighted by Crippen LogP contribution is -2.26. The van der Waals surface area contributed by atoms with Crippen molar-refractivity contribution in [1.82, 2.24) is 14.9 Å². The third-order valence-electron chi connectivity index (χ3n) is 3.66. The van der Waals surface area contributed by atoms with Gasteiger partial charge in [0, 0.05) is 30.5 Å². The van der Waals surface area contributed by atoms with E-state index in [2.05, 4.69) is 9.97 Å². The number of hydrogen-bond donors (Lipinski definition) is 1. The van der Waals surface area contributed by atoms with Crippen LogP contribution in [-0.4, -0.2) is 32.6 Å². The fourth-order valence-electron chi connectivity index (χ4n) is 2.74. The SMILES string of the molecule is O[C@@H]1C[C@@H](c2cc(F)ccc2F)N(Cc2ncccn2)C1. The third kappa shape index (κ3) is 3.06. The first-order valence-electron chi connectivity index (χ1n) is 6.76. The van der Waals surface area contributed by atoms with Gasteiger partial charge in [0.25, 0.3) is 0 Å². The Bertz CT molecular complexity index is 624. The smallest absolute Gasteiger partial charge is 0.142 e. The summed E-state index contributed by atoms with van der Waals surface area (Å²) in [4.78, 5) is 10.1. The second-order valence-corrected chi connectivity index (χ2v) is 5.17. The summed E-state index contributed by atoms with van der Waals surface area (Å²) in [7, 11) is 0. The molecule has 0 spiro atoms. The van der Waals surface area contributed by atoms with Gasteiger partial charge in [-0.05, 0) is 30.7 Å². The van der Waals surface area contributed by atoms with E-state index in [4.69, 9.17) is 0 Å². The van der Waals surface area contributed by atoms with Crippen LogP contribution >= 0.6 is 0 Å². The molecule has 1 aliphatic rings. The van der Waals surface area contributed by atoms with Crippen molar-refractivity contribution in [3.8, 4) is 0 Å². The number of aliphatic hydroxyl groups excluding tert-OH is 1. The minimum atomic E-state index is -0.568. The van der Waals surface area contributed by atoms with E-state index in [9.17, 15) is 13.9 Å². The van der Waals surface area contributed by atoms with Crippen LogP contribution in [0.3, 0.4) is 0 Å². The molecule has 0 aliphatic carbocycles. The number of halogens is 2. The van der Waals surface area contributed by atoms with Crippen molar-refractivity contribution in [3.05, 3.63) is 59.7 Å². The summed E-state index contributed by atoms with van der Waals surface area (Å²) in [6, 6.07) is 4.74. The minimum Gasteiger partial charge on any atom is -0.392 e. The largest absolute Gasteiger partial charge is 0.392 e. The van der Waals surface area contributed by atoms with E-state index in [1.54, 1.807) is 18.5 Å². The first-order valence-corrected chi connectivity index (χ1v) is 6.76. The Hall–Kier alpha value is -1.92. The van der Waals surface area contributed by atoms with Gasteiger partial charge in [-0.1, -0.05) is 0 Å². The minimum absolute atomic E-state index is 0.266. The van der Waals surface area contributed by atoms with Crippen LogP contribution in [0.25, 0.3) is 0 Å². The molecule has 1 saturated heterocycles. The molecule has 110 valence electrons. The molecule has 1 aliphatic heterocycles. The van der Waals surface area contributed by atoms with Crippen molar-refractivity contribution < 1.29 is 13.9 Å². The molecule has 2 aromatic rings. The van der Waals surface area contributed by atoms with Crippen LogP contribution in [0.2, 0.25) is 0 Å². The number of likely N-dealkylation sites (tertiary alicyclic amines) is 1. The van der Waals surface area contributed by atoms with E-state index in [1.807, 2.05) is 4.90 Å². The summed E-state index contributed by atoms with van der Waals surface area (Å²) in [5, 5.41) is 9.87. The van der Waals surface area contributed by atoms with Crippen molar-refractivity contribution in [2.75, 3.05) is 6.54 Å². The molecule has 0 radical (unpaired) electrons. The monoisotopic (exact) mass is 291 g/mol. The maximum atomic E-state index is 14.0. The van der Waals surface area contributed by atoms with E-state index in [0.717, 1.165) is 12.1 Å². The Balaban J connectivity index is 1.87. The summed E-state index contributed by atoms with van der Waals surface area (Å²) < 4.78 is 27.3. The van der Waals surface area contributed by atoms with Gasteiger partial charge in [0.15, 0.2) is 0 Å². The van der Waals surface area contributed by atoms with Crippen molar-refractivity contribution in [1.29, 1.82) is 0 Å². The predicted molar refractivity (Wildman–Crippen MR) is 72.2 cm³/mol. The lowest BCUT2D eigenvalue weighted by molar-refractivity contribution is 0.171. The highest BCUT2D eigenvalue weighted by Crippen LogP contribution is 2.34. The maximum absolute atomic E-state index is 14.0. The normalized spacial score (nSPS) is 22.6. The predicted octanol–water partition coefficient (Wildman–Crippen LogP) is 2.06. The van der Waals surface area contributed by atoms with Crippen LogP contribution in [0.4, 0.5) is 8.78 Å². The molecule has 1 fully saturated rings. The number of aliphatic hydroxyl groups is 1. The summed E-state index contributed by atoms with van der Waals surface area (Å²) in [6.07, 6.45) is 3.06. The van der Waals surface area contributed by atoms with Crippen LogP contribution in [-0.2, 0) is 6.54 Å². The lowest BCUT2D eigenvalue weighted by Gasteiger charge is -2.24. The number of aromatic nitrogens is 2. The first kappa shape index (κ1) is 14.0. The van der Waals surface area contributed by atoms with Gasteiger partial charge in [0.05, 0.1) is 12.6 Å². The molecule has 1 aromatic carbocycles. The number of benzene rings is 1. The van der Waals surface area contributed by atoms with Crippen LogP contribution in [0.15, 0.2) is 36.7 Å². The Morgan fingerprint density at radius 1 is 1.24 bits per heavy atom. The standard InChI is InChI=1S/C15H15F2N3O/c16-10-2-3-13(17)12(6-10)14-7-11(21)8-20(14)9-15-18-4-1-5-19-15/h1-6,11,14,21H,7-9H2/t11-,14+/m1/s1. The number of hydrogen-bond acceptors (Lipinski definition) is 4. The summed E-state index contributed by atoms with van der Waals surface area (Å²) in [5.41, 5.74) is 0.266. The molecule has 2 atom stereocenters. The highest BCUT2D eigenvalue weighted by atomic mass is 19.1. The summed E-state index contributed by atoms with van der Waals surface area (Å²) in [5.74, 6) is -0.355. The van der Waals surface area contributed by atoms with Gasteiger partial charge < -0.3 is 5.11 Å². The third-order valence-corrected chi connectivity index (χ3v) is 3.66. The zero-order chi connectivity index (χ0) is 14.8. The van der Waals surface area contributed by atoms with Crippen LogP contribution in [0.5, 0.6) is 0 Å². The lowest BCUT2D eigenvalue weighted by atomic mass is 10.0. The second kappa shape index (κ2) is 5.83. The molecule has 0 amide bonds. The van der Waals surface area contributed by atoms with Crippen LogP contribution < -0.4 is 0 Å². The zero-order valence-corrected chi connectivity index (χ0v) is 11.3. The average molecular weight is 291 g/mol. The van der Waals surface area contributed by atoms with E-state index in [1.165, 1.54) is 6.07 Å². The number of nitrogens with zero attached hydrogens (tertiary/aromatic N) is 3. The molecule has 6 heteroatoms. The molecular formula is C15H15F2N3O. The van der Waals surface area contributed by atoms with Crippen molar-refractivity contribution in [3.63, 3.8) is 0 Å². The first-order chi connectivity index (χ1) is 10.1. The van der Waals surface area contributed by atoms with E-state index < -0.39 is 17.7 Å². The molecule has 21 heavy (non-hydrogen) atoms. The van der Waals surface area contributed by atoms with Gasteiger partial charge in [-0.2, -0.15) is 0 Å². The molecule has 2 heterocycles. The van der Waals surface area contributed by atoms with Gasteiger partial charge in [-0.3, -0.25) is 4.90 Å². The van der Waals surface area contributed by atoms with Crippen LogP contribution in [0, 0.1) is 11.6 Å². The topological polar surface area (TPSA) is 49.2 Å². The van der Waals surface area contributed by atoms with Crippen molar-refractivity contribution in [2.45, 2.75) is 25.1 Å². The average Bonchev–Trinajstić information content (AvgIpc) is 2.83. The Morgan fingerprint density at radius 3 is 2.76 bits per heavy atom. The molecule has 1 N–H and O–H groups in total. The summed E-state index contributed by atoms with van der Waals surface area (Å²) in [6.45, 7) is 0.775. The number of rotatable bonds is 3. The highest BCUT2D eigenvalue weighted by Gasteiger charge is 2.34. The molecular weight excluding hydrogens is 276 g/mol. The molecule has 4 nitrogen and oxygen atoms in total. The van der Waals surface area contributed by atoms with Crippen LogP contribution in [0.1, 0.15) is 23.9 Å². The quantitative estimate of drug-likeness (QED) is 0.940.